The second-order valence-corrected chi connectivity index (χ2v) is 2.39. The molecular weight excluding hydrogens is 157 g/mol. The van der Waals surface area contributed by atoms with Crippen LogP contribution in [0.1, 0.15) is 11.6 Å². The molecule has 0 fully saturated rings. The molecule has 0 amide bonds. The van der Waals surface area contributed by atoms with E-state index in [4.69, 9.17) is 11.7 Å². The highest BCUT2D eigenvalue weighted by atomic mass is 19.1. The van der Waals surface area contributed by atoms with Crippen molar-refractivity contribution in [1.82, 2.24) is 0 Å². The van der Waals surface area contributed by atoms with Crippen LogP contribution in [0, 0.1) is 6.57 Å². The Morgan fingerprint density at radius 3 is 2.83 bits per heavy atom. The summed E-state index contributed by atoms with van der Waals surface area (Å²) in [5.74, 6) is 0.0644. The Bertz CT molecular complexity index is 306. The van der Waals surface area contributed by atoms with Crippen molar-refractivity contribution in [2.45, 2.75) is 6.04 Å². The van der Waals surface area contributed by atoms with Gasteiger partial charge in [-0.1, -0.05) is 12.1 Å². The van der Waals surface area contributed by atoms with E-state index < -0.39 is 12.7 Å². The fourth-order valence-corrected chi connectivity index (χ4v) is 0.930. The second kappa shape index (κ2) is 3.72. The Morgan fingerprint density at radius 2 is 2.33 bits per heavy atom. The highest BCUT2D eigenvalue weighted by Gasteiger charge is 2.14. The van der Waals surface area contributed by atoms with Gasteiger partial charge < -0.3 is 9.95 Å². The van der Waals surface area contributed by atoms with E-state index in [1.165, 1.54) is 12.1 Å². The Kier molecular flexibility index (Phi) is 2.65. The van der Waals surface area contributed by atoms with Gasteiger partial charge >= 0.3 is 0 Å². The molecule has 0 aromatic heterocycles. The highest BCUT2D eigenvalue weighted by Crippen LogP contribution is 2.21. The SMILES string of the molecule is [C-]#[N+]C(CF)c1cccc(O)c1. The van der Waals surface area contributed by atoms with Crippen LogP contribution in [-0.4, -0.2) is 11.8 Å². The van der Waals surface area contributed by atoms with E-state index in [1.807, 2.05) is 0 Å². The molecular formula is C9H8FNO. The minimum atomic E-state index is -0.780. The molecule has 0 saturated heterocycles. The molecule has 1 rings (SSSR count). The van der Waals surface area contributed by atoms with Gasteiger partial charge in [0.1, 0.15) is 5.75 Å². The summed E-state index contributed by atoms with van der Waals surface area (Å²) in [5.41, 5.74) is 0.521. The van der Waals surface area contributed by atoms with Gasteiger partial charge in [0.25, 0.3) is 6.04 Å². The molecule has 0 spiro atoms. The van der Waals surface area contributed by atoms with E-state index in [2.05, 4.69) is 4.85 Å². The summed E-state index contributed by atoms with van der Waals surface area (Å²) in [5, 5.41) is 9.03. The normalized spacial score (nSPS) is 12.0. The van der Waals surface area contributed by atoms with Crippen LogP contribution in [0.15, 0.2) is 24.3 Å². The summed E-state index contributed by atoms with van der Waals surface area (Å²) in [7, 11) is 0. The number of aromatic hydroxyl groups is 1. The van der Waals surface area contributed by atoms with Crippen molar-refractivity contribution in [3.63, 3.8) is 0 Å². The minimum Gasteiger partial charge on any atom is -0.508 e. The lowest BCUT2D eigenvalue weighted by Crippen LogP contribution is -1.94. The van der Waals surface area contributed by atoms with Crippen LogP contribution < -0.4 is 0 Å². The van der Waals surface area contributed by atoms with Gasteiger partial charge in [-0.3, -0.25) is 0 Å². The quantitative estimate of drug-likeness (QED) is 0.668. The summed E-state index contributed by atoms with van der Waals surface area (Å²) >= 11 is 0. The molecule has 3 heteroatoms. The van der Waals surface area contributed by atoms with E-state index in [-0.39, 0.29) is 5.75 Å². The smallest absolute Gasteiger partial charge is 0.276 e. The Hall–Kier alpha value is -1.56. The number of hydrogen-bond acceptors (Lipinski definition) is 1. The zero-order chi connectivity index (χ0) is 8.97. The zero-order valence-corrected chi connectivity index (χ0v) is 6.37. The minimum absolute atomic E-state index is 0.0644. The number of hydrogen-bond donors (Lipinski definition) is 1. The summed E-state index contributed by atoms with van der Waals surface area (Å²) in [4.78, 5) is 3.08. The second-order valence-electron chi connectivity index (χ2n) is 2.39. The molecule has 0 bridgehead atoms. The van der Waals surface area contributed by atoms with Crippen molar-refractivity contribution in [3.8, 4) is 5.75 Å². The molecule has 2 nitrogen and oxygen atoms in total. The maximum atomic E-state index is 12.2. The molecule has 0 heterocycles. The molecule has 0 aliphatic carbocycles. The Balaban J connectivity index is 2.95. The summed E-state index contributed by atoms with van der Waals surface area (Å²) in [6.45, 7) is 5.96. The van der Waals surface area contributed by atoms with Crippen molar-refractivity contribution in [2.24, 2.45) is 0 Å². The van der Waals surface area contributed by atoms with E-state index in [0.29, 0.717) is 5.56 Å². The first-order valence-electron chi connectivity index (χ1n) is 3.49. The van der Waals surface area contributed by atoms with Crippen LogP contribution in [-0.2, 0) is 0 Å². The number of nitrogens with zero attached hydrogens (tertiary/aromatic N) is 1. The Morgan fingerprint density at radius 1 is 1.58 bits per heavy atom. The number of alkyl halides is 1. The van der Waals surface area contributed by atoms with Crippen molar-refractivity contribution in [3.05, 3.63) is 41.2 Å². The lowest BCUT2D eigenvalue weighted by molar-refractivity contribution is 0.458. The molecule has 1 N–H and O–H groups in total. The number of halogens is 1. The lowest BCUT2D eigenvalue weighted by atomic mass is 10.1. The topological polar surface area (TPSA) is 24.6 Å². The van der Waals surface area contributed by atoms with Crippen LogP contribution >= 0.6 is 0 Å². The predicted molar refractivity (Wildman–Crippen MR) is 43.4 cm³/mol. The van der Waals surface area contributed by atoms with Gasteiger partial charge in [-0.25, -0.2) is 11.0 Å². The average Bonchev–Trinajstić information content (AvgIpc) is 2.07. The molecule has 1 aromatic rings. The number of phenolic OH excluding ortho intramolecular Hbond substituents is 1. The van der Waals surface area contributed by atoms with Gasteiger partial charge in [0.2, 0.25) is 0 Å². The van der Waals surface area contributed by atoms with Gasteiger partial charge in [0, 0.05) is 5.56 Å². The maximum absolute atomic E-state index is 12.2. The van der Waals surface area contributed by atoms with E-state index in [1.54, 1.807) is 12.1 Å². The van der Waals surface area contributed by atoms with Crippen LogP contribution in [0.3, 0.4) is 0 Å². The molecule has 1 atom stereocenters. The molecule has 1 aromatic carbocycles. The van der Waals surface area contributed by atoms with Gasteiger partial charge in [-0.2, -0.15) is 0 Å². The largest absolute Gasteiger partial charge is 0.508 e. The third kappa shape index (κ3) is 1.73. The molecule has 1 unspecified atom stereocenters. The van der Waals surface area contributed by atoms with Crippen molar-refractivity contribution < 1.29 is 9.50 Å². The first-order valence-corrected chi connectivity index (χ1v) is 3.49. The van der Waals surface area contributed by atoms with Crippen LogP contribution in [0.4, 0.5) is 4.39 Å². The number of phenols is 1. The number of rotatable bonds is 2. The first-order chi connectivity index (χ1) is 5.77. The molecule has 0 aliphatic heterocycles. The van der Waals surface area contributed by atoms with Gasteiger partial charge in [-0.05, 0) is 12.1 Å². The van der Waals surface area contributed by atoms with Gasteiger partial charge in [0.05, 0.1) is 0 Å². The summed E-state index contributed by atoms with van der Waals surface area (Å²) in [6, 6.07) is 5.34. The fraction of sp³-hybridized carbons (Fsp3) is 0.222. The van der Waals surface area contributed by atoms with Gasteiger partial charge in [0.15, 0.2) is 6.67 Å². The van der Waals surface area contributed by atoms with Crippen LogP contribution in [0.5, 0.6) is 5.75 Å². The highest BCUT2D eigenvalue weighted by molar-refractivity contribution is 5.30. The zero-order valence-electron chi connectivity index (χ0n) is 6.37. The number of benzene rings is 1. The Labute approximate surface area is 70.1 Å². The predicted octanol–water partition coefficient (Wildman–Crippen LogP) is 2.32. The summed E-state index contributed by atoms with van der Waals surface area (Å²) < 4.78 is 12.2. The van der Waals surface area contributed by atoms with Crippen molar-refractivity contribution in [1.29, 1.82) is 0 Å². The average molecular weight is 165 g/mol. The molecule has 0 radical (unpaired) electrons. The van der Waals surface area contributed by atoms with Crippen LogP contribution in [0.2, 0.25) is 0 Å². The van der Waals surface area contributed by atoms with Crippen molar-refractivity contribution >= 4 is 0 Å². The standard InChI is InChI=1S/C9H8FNO/c1-11-9(6-10)7-3-2-4-8(12)5-7/h2-5,9,12H,6H2. The molecule has 12 heavy (non-hydrogen) atoms. The lowest BCUT2D eigenvalue weighted by Gasteiger charge is -2.00. The molecule has 62 valence electrons. The fourth-order valence-electron chi connectivity index (χ4n) is 0.930. The van der Waals surface area contributed by atoms with E-state index >= 15 is 0 Å². The van der Waals surface area contributed by atoms with Crippen molar-refractivity contribution in [2.75, 3.05) is 6.67 Å². The van der Waals surface area contributed by atoms with E-state index in [9.17, 15) is 4.39 Å². The van der Waals surface area contributed by atoms with Gasteiger partial charge in [-0.15, -0.1) is 0 Å². The monoisotopic (exact) mass is 165 g/mol. The molecule has 0 saturated carbocycles. The van der Waals surface area contributed by atoms with E-state index in [0.717, 1.165) is 0 Å². The molecule has 0 aliphatic rings. The maximum Gasteiger partial charge on any atom is 0.276 e. The summed E-state index contributed by atoms with van der Waals surface area (Å²) in [6.07, 6.45) is 0. The van der Waals surface area contributed by atoms with Crippen LogP contribution in [0.25, 0.3) is 4.85 Å². The first kappa shape index (κ1) is 8.54. The third-order valence-electron chi connectivity index (χ3n) is 1.56. The third-order valence-corrected chi connectivity index (χ3v) is 1.56.